The Hall–Kier alpha value is -2.19. The van der Waals surface area contributed by atoms with Crippen LogP contribution in [-0.4, -0.2) is 30.7 Å². The van der Waals surface area contributed by atoms with Crippen LogP contribution in [-0.2, 0) is 4.79 Å². The molecule has 0 aliphatic rings. The average Bonchev–Trinajstić information content (AvgIpc) is 2.93. The number of aromatic nitrogens is 4. The van der Waals surface area contributed by atoms with Gasteiger partial charge in [0.1, 0.15) is 5.82 Å². The number of nitrogens with one attached hydrogen (secondary N) is 1. The Balaban J connectivity index is 1.72. The maximum atomic E-state index is 13.2. The van der Waals surface area contributed by atoms with Crippen LogP contribution in [0, 0.1) is 19.7 Å². The zero-order valence-electron chi connectivity index (χ0n) is 13.7. The largest absolute Gasteiger partial charge is 0.325 e. The summed E-state index contributed by atoms with van der Waals surface area (Å²) >= 11 is 6.93. The lowest BCUT2D eigenvalue weighted by Crippen LogP contribution is -2.22. The molecule has 0 spiro atoms. The predicted molar refractivity (Wildman–Crippen MR) is 95.6 cm³/mol. The number of thioether (sulfide) groups is 1. The number of benzene rings is 1. The maximum absolute atomic E-state index is 13.2. The molecule has 0 bridgehead atoms. The monoisotopic (exact) mass is 379 g/mol. The molecule has 6 nitrogen and oxygen atoms in total. The van der Waals surface area contributed by atoms with Crippen LogP contribution >= 0.6 is 23.4 Å². The Morgan fingerprint density at radius 3 is 2.80 bits per heavy atom. The summed E-state index contributed by atoms with van der Waals surface area (Å²) < 4.78 is 14.8. The molecule has 1 atom stereocenters. The van der Waals surface area contributed by atoms with Gasteiger partial charge in [-0.3, -0.25) is 4.79 Å². The zero-order valence-corrected chi connectivity index (χ0v) is 15.3. The fraction of sp³-hybridized carbons (Fsp3) is 0.250. The van der Waals surface area contributed by atoms with Gasteiger partial charge in [-0.05, 0) is 45.0 Å². The molecule has 0 fully saturated rings. The molecular formula is C16H15ClFN5OS. The highest BCUT2D eigenvalue weighted by molar-refractivity contribution is 8.00. The lowest BCUT2D eigenvalue weighted by Gasteiger charge is -2.10. The first-order valence-corrected chi connectivity index (χ1v) is 8.73. The van der Waals surface area contributed by atoms with Crippen molar-refractivity contribution in [2.75, 3.05) is 5.32 Å². The molecule has 130 valence electrons. The summed E-state index contributed by atoms with van der Waals surface area (Å²) in [6.45, 7) is 5.54. The Labute approximate surface area is 152 Å². The second-order valence-electron chi connectivity index (χ2n) is 5.52. The molecule has 0 saturated carbocycles. The number of carbonyl (C=O) groups is 1. The number of hydrogen-bond donors (Lipinski definition) is 1. The van der Waals surface area contributed by atoms with Crippen molar-refractivity contribution in [3.05, 3.63) is 46.5 Å². The number of carbonyl (C=O) groups excluding carboxylic acids is 1. The lowest BCUT2D eigenvalue weighted by atomic mass is 10.3. The highest BCUT2D eigenvalue weighted by Crippen LogP contribution is 2.23. The van der Waals surface area contributed by atoms with Gasteiger partial charge in [-0.2, -0.15) is 4.98 Å². The lowest BCUT2D eigenvalue weighted by molar-refractivity contribution is -0.115. The van der Waals surface area contributed by atoms with Crippen LogP contribution in [0.2, 0.25) is 5.02 Å². The van der Waals surface area contributed by atoms with Crippen molar-refractivity contribution < 1.29 is 9.18 Å². The van der Waals surface area contributed by atoms with Crippen molar-refractivity contribution in [1.29, 1.82) is 0 Å². The molecular weight excluding hydrogens is 365 g/mol. The van der Waals surface area contributed by atoms with E-state index in [1.165, 1.54) is 30.0 Å². The van der Waals surface area contributed by atoms with E-state index in [0.717, 1.165) is 11.4 Å². The maximum Gasteiger partial charge on any atom is 0.253 e. The van der Waals surface area contributed by atoms with E-state index in [4.69, 9.17) is 11.6 Å². The minimum Gasteiger partial charge on any atom is -0.325 e. The topological polar surface area (TPSA) is 72.2 Å². The number of rotatable bonds is 4. The van der Waals surface area contributed by atoms with E-state index >= 15 is 0 Å². The van der Waals surface area contributed by atoms with Crippen molar-refractivity contribution in [2.45, 2.75) is 31.2 Å². The van der Waals surface area contributed by atoms with Crippen molar-refractivity contribution in [2.24, 2.45) is 0 Å². The fourth-order valence-corrected chi connectivity index (χ4v) is 3.15. The van der Waals surface area contributed by atoms with E-state index in [1.807, 2.05) is 19.9 Å². The smallest absolute Gasteiger partial charge is 0.253 e. The van der Waals surface area contributed by atoms with Crippen LogP contribution in [0.15, 0.2) is 29.4 Å². The number of aryl methyl sites for hydroxylation is 2. The molecule has 1 N–H and O–H groups in total. The van der Waals surface area contributed by atoms with Gasteiger partial charge in [0.2, 0.25) is 11.1 Å². The summed E-state index contributed by atoms with van der Waals surface area (Å²) in [5.41, 5.74) is 2.20. The van der Waals surface area contributed by atoms with Gasteiger partial charge >= 0.3 is 0 Å². The molecule has 1 amide bonds. The van der Waals surface area contributed by atoms with Gasteiger partial charge in [0, 0.05) is 17.1 Å². The molecule has 1 aromatic carbocycles. The van der Waals surface area contributed by atoms with Crippen LogP contribution in [0.3, 0.4) is 0 Å². The molecule has 0 radical (unpaired) electrons. The van der Waals surface area contributed by atoms with Gasteiger partial charge in [0.15, 0.2) is 0 Å². The van der Waals surface area contributed by atoms with Gasteiger partial charge < -0.3 is 5.32 Å². The third-order valence-corrected chi connectivity index (χ3v) is 4.68. The highest BCUT2D eigenvalue weighted by Gasteiger charge is 2.18. The number of amides is 1. The Bertz CT molecular complexity index is 961. The van der Waals surface area contributed by atoms with Gasteiger partial charge in [-0.15, -0.1) is 5.10 Å². The van der Waals surface area contributed by atoms with E-state index in [2.05, 4.69) is 20.4 Å². The molecule has 2 aromatic heterocycles. The van der Waals surface area contributed by atoms with Gasteiger partial charge in [0.05, 0.1) is 10.3 Å². The summed E-state index contributed by atoms with van der Waals surface area (Å²) in [5, 5.41) is 7.02. The van der Waals surface area contributed by atoms with Gasteiger partial charge in [-0.25, -0.2) is 13.9 Å². The molecule has 0 saturated heterocycles. The molecule has 9 heteroatoms. The molecule has 3 rings (SSSR count). The predicted octanol–water partition coefficient (Wildman–Crippen LogP) is 3.65. The van der Waals surface area contributed by atoms with Crippen LogP contribution in [0.25, 0.3) is 5.78 Å². The van der Waals surface area contributed by atoms with Crippen LogP contribution in [0.1, 0.15) is 18.3 Å². The van der Waals surface area contributed by atoms with E-state index in [1.54, 1.807) is 11.4 Å². The van der Waals surface area contributed by atoms with Crippen LogP contribution in [0.4, 0.5) is 10.1 Å². The van der Waals surface area contributed by atoms with Crippen molar-refractivity contribution in [3.63, 3.8) is 0 Å². The quantitative estimate of drug-likeness (QED) is 0.700. The summed E-state index contributed by atoms with van der Waals surface area (Å²) in [6.07, 6.45) is 0. The minimum absolute atomic E-state index is 0.0444. The molecule has 1 unspecified atom stereocenters. The standard InChI is InChI=1S/C16H15ClFN5OS/c1-8-6-9(2)23-15(19-8)21-16(22-23)25-10(3)14(24)20-11-4-5-13(18)12(17)7-11/h4-7,10H,1-3H3,(H,20,24). The van der Waals surface area contributed by atoms with E-state index in [9.17, 15) is 9.18 Å². The second kappa shape index (κ2) is 6.97. The van der Waals surface area contributed by atoms with Crippen LogP contribution in [0.5, 0.6) is 0 Å². The molecule has 0 aliphatic carbocycles. The third-order valence-electron chi connectivity index (χ3n) is 3.44. The minimum atomic E-state index is -0.533. The Kier molecular flexibility index (Phi) is 4.91. The van der Waals surface area contributed by atoms with Crippen molar-refractivity contribution >= 4 is 40.7 Å². The number of hydrogen-bond acceptors (Lipinski definition) is 5. The Morgan fingerprint density at radius 2 is 2.08 bits per heavy atom. The number of nitrogens with zero attached hydrogens (tertiary/aromatic N) is 4. The van der Waals surface area contributed by atoms with Crippen molar-refractivity contribution in [1.82, 2.24) is 19.6 Å². The first-order chi connectivity index (χ1) is 11.8. The van der Waals surface area contributed by atoms with E-state index in [0.29, 0.717) is 16.6 Å². The van der Waals surface area contributed by atoms with E-state index in [-0.39, 0.29) is 10.9 Å². The number of anilines is 1. The molecule has 25 heavy (non-hydrogen) atoms. The molecule has 3 aromatic rings. The first-order valence-electron chi connectivity index (χ1n) is 7.47. The third kappa shape index (κ3) is 3.91. The average molecular weight is 380 g/mol. The second-order valence-corrected chi connectivity index (χ2v) is 7.24. The van der Waals surface area contributed by atoms with Crippen LogP contribution < -0.4 is 5.32 Å². The highest BCUT2D eigenvalue weighted by atomic mass is 35.5. The SMILES string of the molecule is Cc1cc(C)n2nc(SC(C)C(=O)Nc3ccc(F)c(Cl)c3)nc2n1. The molecule has 0 aliphatic heterocycles. The summed E-state index contributed by atoms with van der Waals surface area (Å²) in [4.78, 5) is 21.0. The number of fused-ring (bicyclic) bond motifs is 1. The fourth-order valence-electron chi connectivity index (χ4n) is 2.23. The van der Waals surface area contributed by atoms with Gasteiger partial charge in [0.25, 0.3) is 5.78 Å². The van der Waals surface area contributed by atoms with Crippen molar-refractivity contribution in [3.8, 4) is 0 Å². The Morgan fingerprint density at radius 1 is 1.32 bits per heavy atom. The van der Waals surface area contributed by atoms with Gasteiger partial charge in [-0.1, -0.05) is 23.4 Å². The summed E-state index contributed by atoms with van der Waals surface area (Å²) in [5.74, 6) is -0.292. The molecule has 2 heterocycles. The number of halogens is 2. The zero-order chi connectivity index (χ0) is 18.1. The summed E-state index contributed by atoms with van der Waals surface area (Å²) in [7, 11) is 0. The van der Waals surface area contributed by atoms with E-state index < -0.39 is 11.1 Å². The summed E-state index contributed by atoms with van der Waals surface area (Å²) in [6, 6.07) is 5.93. The first kappa shape index (κ1) is 17.6. The normalized spacial score (nSPS) is 12.4.